The highest BCUT2D eigenvalue weighted by Crippen LogP contribution is 2.23. The van der Waals surface area contributed by atoms with Gasteiger partial charge in [0.1, 0.15) is 11.6 Å². The zero-order valence-electron chi connectivity index (χ0n) is 13.5. The predicted molar refractivity (Wildman–Crippen MR) is 95.2 cm³/mol. The predicted octanol–water partition coefficient (Wildman–Crippen LogP) is 3.57. The van der Waals surface area contributed by atoms with Crippen LogP contribution in [0.4, 0.5) is 5.69 Å². The van der Waals surface area contributed by atoms with Crippen LogP contribution in [0.1, 0.15) is 24.2 Å². The zero-order chi connectivity index (χ0) is 17.4. The Morgan fingerprint density at radius 2 is 2.08 bits per heavy atom. The molecule has 124 valence electrons. The van der Waals surface area contributed by atoms with Gasteiger partial charge in [-0.05, 0) is 54.4 Å². The van der Waals surface area contributed by atoms with E-state index in [0.29, 0.717) is 11.3 Å². The van der Waals surface area contributed by atoms with Gasteiger partial charge in [-0.25, -0.2) is 4.79 Å². The number of carbonyl (C=O) groups is 1. The van der Waals surface area contributed by atoms with Crippen molar-refractivity contribution in [2.45, 2.75) is 26.8 Å². The molecule has 0 aliphatic heterocycles. The Balaban J connectivity index is 1.88. The topological polar surface area (TPSA) is 77.1 Å². The maximum absolute atomic E-state index is 12.5. The molecule has 7 heteroatoms. The van der Waals surface area contributed by atoms with E-state index in [9.17, 15) is 9.59 Å². The summed E-state index contributed by atoms with van der Waals surface area (Å²) in [5.74, 6) is -0.206. The van der Waals surface area contributed by atoms with E-state index in [1.807, 2.05) is 19.9 Å². The molecule has 6 nitrogen and oxygen atoms in total. The molecule has 3 aromatic rings. The molecule has 1 unspecified atom stereocenters. The molecule has 1 amide bonds. The molecule has 0 saturated carbocycles. The monoisotopic (exact) mass is 389 g/mol. The number of nitrogens with one attached hydrogen (secondary N) is 1. The van der Waals surface area contributed by atoms with Crippen LogP contribution in [-0.2, 0) is 4.79 Å². The molecule has 0 bridgehead atoms. The number of anilines is 1. The summed E-state index contributed by atoms with van der Waals surface area (Å²) >= 11 is 3.38. The lowest BCUT2D eigenvalue weighted by Gasteiger charge is -2.15. The summed E-state index contributed by atoms with van der Waals surface area (Å²) < 4.78 is 7.70. The van der Waals surface area contributed by atoms with Gasteiger partial charge in [-0.1, -0.05) is 0 Å². The highest BCUT2D eigenvalue weighted by atomic mass is 79.9. The number of hydrogen-bond donors (Lipinski definition) is 1. The fraction of sp³-hybridized carbons (Fsp3) is 0.235. The number of amides is 1. The van der Waals surface area contributed by atoms with Gasteiger partial charge in [0, 0.05) is 23.2 Å². The van der Waals surface area contributed by atoms with Crippen molar-refractivity contribution in [1.29, 1.82) is 0 Å². The molecule has 0 fully saturated rings. The van der Waals surface area contributed by atoms with E-state index in [1.165, 1.54) is 6.07 Å². The van der Waals surface area contributed by atoms with Crippen LogP contribution in [0.25, 0.3) is 11.0 Å². The van der Waals surface area contributed by atoms with Crippen LogP contribution in [0.5, 0.6) is 0 Å². The van der Waals surface area contributed by atoms with Gasteiger partial charge >= 0.3 is 5.63 Å². The van der Waals surface area contributed by atoms with E-state index in [1.54, 1.807) is 29.9 Å². The lowest BCUT2D eigenvalue weighted by Crippen LogP contribution is -2.25. The Morgan fingerprint density at radius 1 is 1.33 bits per heavy atom. The minimum atomic E-state index is -0.475. The minimum Gasteiger partial charge on any atom is -0.423 e. The van der Waals surface area contributed by atoms with Gasteiger partial charge in [0.2, 0.25) is 5.91 Å². The van der Waals surface area contributed by atoms with Crippen LogP contribution >= 0.6 is 15.9 Å². The van der Waals surface area contributed by atoms with Gasteiger partial charge in [-0.2, -0.15) is 5.10 Å². The molecular formula is C17H16BrN3O3. The van der Waals surface area contributed by atoms with Crippen LogP contribution < -0.4 is 10.9 Å². The Labute approximate surface area is 146 Å². The fourth-order valence-electron chi connectivity index (χ4n) is 2.55. The molecule has 1 aromatic carbocycles. The SMILES string of the molecule is Cc1cc(=O)oc2cc(NC(=O)C(C)n3ncc(Br)c3C)ccc12. The molecule has 0 spiro atoms. The van der Waals surface area contributed by atoms with Crippen molar-refractivity contribution in [1.82, 2.24) is 9.78 Å². The largest absolute Gasteiger partial charge is 0.423 e. The van der Waals surface area contributed by atoms with Gasteiger partial charge in [-0.15, -0.1) is 0 Å². The summed E-state index contributed by atoms with van der Waals surface area (Å²) in [6, 6.07) is 6.23. The molecule has 0 radical (unpaired) electrons. The standard InChI is InChI=1S/C17H16BrN3O3/c1-9-6-16(22)24-15-7-12(4-5-13(9)15)20-17(23)11(3)21-10(2)14(18)8-19-21/h4-8,11H,1-3H3,(H,20,23). The van der Waals surface area contributed by atoms with Gasteiger partial charge < -0.3 is 9.73 Å². The highest BCUT2D eigenvalue weighted by Gasteiger charge is 2.19. The lowest BCUT2D eigenvalue weighted by molar-refractivity contribution is -0.119. The van der Waals surface area contributed by atoms with E-state index < -0.39 is 11.7 Å². The van der Waals surface area contributed by atoms with Crippen molar-refractivity contribution >= 4 is 38.5 Å². The maximum Gasteiger partial charge on any atom is 0.336 e. The molecule has 2 heterocycles. The molecule has 1 atom stereocenters. The van der Waals surface area contributed by atoms with Crippen molar-refractivity contribution in [3.8, 4) is 0 Å². The van der Waals surface area contributed by atoms with E-state index in [-0.39, 0.29) is 5.91 Å². The maximum atomic E-state index is 12.5. The molecule has 2 aromatic heterocycles. The lowest BCUT2D eigenvalue weighted by atomic mass is 10.1. The van der Waals surface area contributed by atoms with E-state index in [2.05, 4.69) is 26.3 Å². The third-order valence-electron chi connectivity index (χ3n) is 3.95. The number of benzene rings is 1. The second kappa shape index (κ2) is 6.24. The molecule has 3 rings (SSSR count). The summed E-state index contributed by atoms with van der Waals surface area (Å²) in [6.45, 7) is 5.50. The Kier molecular flexibility index (Phi) is 4.28. The van der Waals surface area contributed by atoms with Crippen molar-refractivity contribution in [3.63, 3.8) is 0 Å². The summed E-state index contributed by atoms with van der Waals surface area (Å²) in [5, 5.41) is 7.87. The van der Waals surface area contributed by atoms with Gasteiger partial charge in [0.25, 0.3) is 0 Å². The van der Waals surface area contributed by atoms with Gasteiger partial charge in [-0.3, -0.25) is 9.48 Å². The van der Waals surface area contributed by atoms with Crippen molar-refractivity contribution < 1.29 is 9.21 Å². The van der Waals surface area contributed by atoms with Crippen LogP contribution in [0.2, 0.25) is 0 Å². The van der Waals surface area contributed by atoms with Crippen LogP contribution in [-0.4, -0.2) is 15.7 Å². The number of hydrogen-bond acceptors (Lipinski definition) is 4. The minimum absolute atomic E-state index is 0.206. The Bertz CT molecular complexity index is 990. The first-order valence-corrected chi connectivity index (χ1v) is 8.21. The number of aromatic nitrogens is 2. The third kappa shape index (κ3) is 2.99. The van der Waals surface area contributed by atoms with Gasteiger partial charge in [0.15, 0.2) is 0 Å². The number of rotatable bonds is 3. The third-order valence-corrected chi connectivity index (χ3v) is 4.73. The molecular weight excluding hydrogens is 374 g/mol. The molecule has 0 saturated heterocycles. The van der Waals surface area contributed by atoms with E-state index >= 15 is 0 Å². The van der Waals surface area contributed by atoms with E-state index in [4.69, 9.17) is 4.42 Å². The average molecular weight is 390 g/mol. The summed E-state index contributed by atoms with van der Waals surface area (Å²) in [6.07, 6.45) is 1.66. The molecule has 0 aliphatic rings. The summed E-state index contributed by atoms with van der Waals surface area (Å²) in [5.41, 5.74) is 2.32. The van der Waals surface area contributed by atoms with E-state index in [0.717, 1.165) is 21.1 Å². The first-order chi connectivity index (χ1) is 11.4. The number of carbonyl (C=O) groups excluding carboxylic acids is 1. The Hall–Kier alpha value is -2.41. The van der Waals surface area contributed by atoms with Crippen molar-refractivity contribution in [2.75, 3.05) is 5.32 Å². The van der Waals surface area contributed by atoms with Crippen molar-refractivity contribution in [3.05, 3.63) is 56.6 Å². The van der Waals surface area contributed by atoms with Gasteiger partial charge in [0.05, 0.1) is 16.4 Å². The molecule has 1 N–H and O–H groups in total. The van der Waals surface area contributed by atoms with Crippen LogP contribution in [0.3, 0.4) is 0 Å². The second-order valence-corrected chi connectivity index (χ2v) is 6.50. The fourth-order valence-corrected chi connectivity index (χ4v) is 2.83. The first-order valence-electron chi connectivity index (χ1n) is 7.42. The Morgan fingerprint density at radius 3 is 2.75 bits per heavy atom. The summed E-state index contributed by atoms with van der Waals surface area (Å²) in [7, 11) is 0. The normalized spacial score (nSPS) is 12.3. The average Bonchev–Trinajstić information content (AvgIpc) is 2.85. The van der Waals surface area contributed by atoms with Crippen LogP contribution in [0, 0.1) is 13.8 Å². The highest BCUT2D eigenvalue weighted by molar-refractivity contribution is 9.10. The first kappa shape index (κ1) is 16.4. The number of aryl methyl sites for hydroxylation is 1. The number of fused-ring (bicyclic) bond motifs is 1. The summed E-state index contributed by atoms with van der Waals surface area (Å²) in [4.78, 5) is 24.0. The van der Waals surface area contributed by atoms with Crippen LogP contribution in [0.15, 0.2) is 44.1 Å². The zero-order valence-corrected chi connectivity index (χ0v) is 15.0. The molecule has 24 heavy (non-hydrogen) atoms. The van der Waals surface area contributed by atoms with Crippen molar-refractivity contribution in [2.24, 2.45) is 0 Å². The smallest absolute Gasteiger partial charge is 0.336 e. The number of nitrogens with zero attached hydrogens (tertiary/aromatic N) is 2. The second-order valence-electron chi connectivity index (χ2n) is 5.65. The molecule has 0 aliphatic carbocycles. The quantitative estimate of drug-likeness (QED) is 0.694. The number of halogens is 1.